The van der Waals surface area contributed by atoms with Gasteiger partial charge in [0.2, 0.25) is 5.89 Å². The summed E-state index contributed by atoms with van der Waals surface area (Å²) in [6.07, 6.45) is 0. The number of methoxy groups -OCH3 is 2. The number of nitrogens with zero attached hydrogens (tertiary/aromatic N) is 1. The number of fused-ring (bicyclic) bond motifs is 1. The van der Waals surface area contributed by atoms with Crippen molar-refractivity contribution in [2.45, 2.75) is 0 Å². The van der Waals surface area contributed by atoms with E-state index in [2.05, 4.69) is 15.6 Å². The van der Waals surface area contributed by atoms with Gasteiger partial charge in [0.1, 0.15) is 17.0 Å². The van der Waals surface area contributed by atoms with Gasteiger partial charge in [0.25, 0.3) is 5.91 Å². The molecule has 162 valence electrons. The van der Waals surface area contributed by atoms with Crippen molar-refractivity contribution in [3.63, 3.8) is 0 Å². The number of rotatable bonds is 5. The van der Waals surface area contributed by atoms with Gasteiger partial charge in [-0.3, -0.25) is 10.1 Å². The molecule has 2 N–H and O–H groups in total. The summed E-state index contributed by atoms with van der Waals surface area (Å²) in [5.74, 6) is 0.965. The molecule has 0 saturated heterocycles. The van der Waals surface area contributed by atoms with Crippen LogP contribution in [0.5, 0.6) is 11.5 Å². The van der Waals surface area contributed by atoms with E-state index in [1.54, 1.807) is 42.5 Å². The molecule has 1 amide bonds. The molecular weight excluding hydrogens is 450 g/mol. The fourth-order valence-electron chi connectivity index (χ4n) is 3.07. The highest BCUT2D eigenvalue weighted by Crippen LogP contribution is 2.30. The Balaban J connectivity index is 1.49. The molecule has 7 nitrogen and oxygen atoms in total. The van der Waals surface area contributed by atoms with Gasteiger partial charge in [0, 0.05) is 11.8 Å². The zero-order valence-electron chi connectivity index (χ0n) is 17.1. The number of thiocarbonyl (C=S) groups is 1. The Morgan fingerprint density at radius 1 is 1.06 bits per heavy atom. The third-order valence-corrected chi connectivity index (χ3v) is 5.16. The van der Waals surface area contributed by atoms with Crippen molar-refractivity contribution in [2.75, 3.05) is 19.5 Å². The number of nitrogens with one attached hydrogen (secondary N) is 2. The summed E-state index contributed by atoms with van der Waals surface area (Å²) < 4.78 is 16.2. The first-order valence-corrected chi connectivity index (χ1v) is 10.3. The zero-order valence-corrected chi connectivity index (χ0v) is 18.7. The number of aromatic nitrogens is 1. The van der Waals surface area contributed by atoms with E-state index >= 15 is 0 Å². The van der Waals surface area contributed by atoms with Crippen molar-refractivity contribution in [1.82, 2.24) is 10.3 Å². The number of amides is 1. The Bertz CT molecular complexity index is 1320. The van der Waals surface area contributed by atoms with E-state index in [4.69, 9.17) is 37.7 Å². The molecule has 0 bridgehead atoms. The maximum Gasteiger partial charge on any atom is 0.261 e. The number of benzene rings is 3. The molecule has 0 aliphatic rings. The number of anilines is 1. The Morgan fingerprint density at radius 3 is 2.62 bits per heavy atom. The summed E-state index contributed by atoms with van der Waals surface area (Å²) in [6.45, 7) is 0. The van der Waals surface area contributed by atoms with Gasteiger partial charge in [-0.15, -0.1) is 0 Å². The number of carbonyl (C=O) groups is 1. The molecule has 0 unspecified atom stereocenters. The lowest BCUT2D eigenvalue weighted by atomic mass is 10.2. The third-order valence-electron chi connectivity index (χ3n) is 4.63. The molecule has 1 aromatic heterocycles. The molecule has 4 aromatic rings. The van der Waals surface area contributed by atoms with Crippen molar-refractivity contribution < 1.29 is 18.7 Å². The van der Waals surface area contributed by atoms with E-state index in [0.717, 1.165) is 0 Å². The Labute approximate surface area is 194 Å². The van der Waals surface area contributed by atoms with Crippen LogP contribution in [0.25, 0.3) is 22.6 Å². The van der Waals surface area contributed by atoms with Gasteiger partial charge in [-0.1, -0.05) is 23.7 Å². The lowest BCUT2D eigenvalue weighted by molar-refractivity contribution is 0.0974. The van der Waals surface area contributed by atoms with Crippen molar-refractivity contribution in [1.29, 1.82) is 0 Å². The fraction of sp³-hybridized carbons (Fsp3) is 0.0870. The highest BCUT2D eigenvalue weighted by Gasteiger charge is 2.16. The molecule has 32 heavy (non-hydrogen) atoms. The maximum atomic E-state index is 12.6. The molecule has 0 spiro atoms. The van der Waals surface area contributed by atoms with E-state index in [-0.39, 0.29) is 5.11 Å². The quantitative estimate of drug-likeness (QED) is 0.385. The van der Waals surface area contributed by atoms with Crippen LogP contribution in [0, 0.1) is 0 Å². The summed E-state index contributed by atoms with van der Waals surface area (Å²) in [5, 5.41) is 6.30. The number of oxazole rings is 1. The highest BCUT2D eigenvalue weighted by atomic mass is 35.5. The van der Waals surface area contributed by atoms with Crippen LogP contribution in [0.1, 0.15) is 10.4 Å². The Morgan fingerprint density at radius 2 is 1.88 bits per heavy atom. The SMILES string of the molecule is COc1ccc(C(=O)NC(=S)Nc2ccc3oc(-c4ccccc4Cl)nc3c2)c(OC)c1. The first kappa shape index (κ1) is 21.6. The second-order valence-corrected chi connectivity index (χ2v) is 7.47. The molecule has 3 aromatic carbocycles. The Kier molecular flexibility index (Phi) is 6.25. The molecule has 0 aliphatic heterocycles. The van der Waals surface area contributed by atoms with Crippen molar-refractivity contribution in [3.8, 4) is 23.0 Å². The van der Waals surface area contributed by atoms with Gasteiger partial charge in [-0.05, 0) is 54.7 Å². The highest BCUT2D eigenvalue weighted by molar-refractivity contribution is 7.80. The van der Waals surface area contributed by atoms with Crippen molar-refractivity contribution >= 4 is 51.6 Å². The van der Waals surface area contributed by atoms with Crippen LogP contribution >= 0.6 is 23.8 Å². The normalized spacial score (nSPS) is 10.6. The zero-order chi connectivity index (χ0) is 22.7. The lowest BCUT2D eigenvalue weighted by Gasteiger charge is -2.12. The van der Waals surface area contributed by atoms with E-state index < -0.39 is 5.91 Å². The average Bonchev–Trinajstić information content (AvgIpc) is 3.21. The van der Waals surface area contributed by atoms with Crippen LogP contribution in [0.4, 0.5) is 5.69 Å². The van der Waals surface area contributed by atoms with Crippen LogP contribution in [0.3, 0.4) is 0 Å². The molecule has 1 heterocycles. The van der Waals surface area contributed by atoms with Crippen LogP contribution in [0.15, 0.2) is 65.1 Å². The number of halogens is 1. The molecule has 0 aliphatic carbocycles. The van der Waals surface area contributed by atoms with E-state index in [0.29, 0.717) is 50.3 Å². The summed E-state index contributed by atoms with van der Waals surface area (Å²) in [6, 6.07) is 17.5. The number of ether oxygens (including phenoxy) is 2. The van der Waals surface area contributed by atoms with E-state index in [1.165, 1.54) is 14.2 Å². The third kappa shape index (κ3) is 4.51. The summed E-state index contributed by atoms with van der Waals surface area (Å²) in [4.78, 5) is 17.1. The largest absolute Gasteiger partial charge is 0.497 e. The second-order valence-electron chi connectivity index (χ2n) is 6.66. The smallest absolute Gasteiger partial charge is 0.261 e. The predicted molar refractivity (Wildman–Crippen MR) is 128 cm³/mol. The monoisotopic (exact) mass is 467 g/mol. The summed E-state index contributed by atoms with van der Waals surface area (Å²) in [7, 11) is 3.02. The molecular formula is C23H18ClN3O4S. The van der Waals surface area contributed by atoms with Crippen LogP contribution < -0.4 is 20.1 Å². The minimum atomic E-state index is -0.412. The van der Waals surface area contributed by atoms with Gasteiger partial charge >= 0.3 is 0 Å². The first-order valence-electron chi connectivity index (χ1n) is 9.48. The molecule has 4 rings (SSSR count). The summed E-state index contributed by atoms with van der Waals surface area (Å²) in [5.41, 5.74) is 2.90. The lowest BCUT2D eigenvalue weighted by Crippen LogP contribution is -2.34. The van der Waals surface area contributed by atoms with Gasteiger partial charge < -0.3 is 19.2 Å². The van der Waals surface area contributed by atoms with Crippen LogP contribution in [-0.4, -0.2) is 30.2 Å². The van der Waals surface area contributed by atoms with Crippen molar-refractivity contribution in [2.24, 2.45) is 0 Å². The van der Waals surface area contributed by atoms with Crippen LogP contribution in [0.2, 0.25) is 5.02 Å². The van der Waals surface area contributed by atoms with Crippen molar-refractivity contribution in [3.05, 3.63) is 71.2 Å². The van der Waals surface area contributed by atoms with Crippen LogP contribution in [-0.2, 0) is 0 Å². The number of hydrogen-bond acceptors (Lipinski definition) is 6. The predicted octanol–water partition coefficient (Wildman–Crippen LogP) is 5.29. The standard InChI is InChI=1S/C23H18ClN3O4S/c1-29-14-8-9-16(20(12-14)30-2)21(28)27-23(32)25-13-7-10-19-18(11-13)26-22(31-19)15-5-3-4-6-17(15)24/h3-12H,1-2H3,(H2,25,27,28,32). The minimum Gasteiger partial charge on any atom is -0.497 e. The second kappa shape index (κ2) is 9.25. The summed E-state index contributed by atoms with van der Waals surface area (Å²) >= 11 is 11.5. The molecule has 0 atom stereocenters. The van der Waals surface area contributed by atoms with Gasteiger partial charge in [0.05, 0.1) is 30.4 Å². The van der Waals surface area contributed by atoms with Gasteiger partial charge in [-0.2, -0.15) is 0 Å². The molecule has 0 radical (unpaired) electrons. The van der Waals surface area contributed by atoms with E-state index in [1.807, 2.05) is 18.2 Å². The first-order chi connectivity index (χ1) is 15.5. The molecule has 9 heteroatoms. The molecule has 0 saturated carbocycles. The number of hydrogen-bond donors (Lipinski definition) is 2. The van der Waals surface area contributed by atoms with Gasteiger partial charge in [-0.25, -0.2) is 4.98 Å². The molecule has 0 fully saturated rings. The van der Waals surface area contributed by atoms with Gasteiger partial charge in [0.15, 0.2) is 10.7 Å². The van der Waals surface area contributed by atoms with E-state index in [9.17, 15) is 4.79 Å². The number of carbonyl (C=O) groups excluding carboxylic acids is 1. The topological polar surface area (TPSA) is 85.6 Å². The Hall–Kier alpha value is -3.62. The maximum absolute atomic E-state index is 12.6. The minimum absolute atomic E-state index is 0.127. The average molecular weight is 468 g/mol. The fourth-order valence-corrected chi connectivity index (χ4v) is 3.50.